The summed E-state index contributed by atoms with van der Waals surface area (Å²) in [6.07, 6.45) is 7.30. The number of nitrogens with zero attached hydrogens (tertiary/aromatic N) is 2. The average molecular weight is 484 g/mol. The third-order valence-corrected chi connectivity index (χ3v) is 7.17. The molecule has 9 heteroatoms. The predicted molar refractivity (Wildman–Crippen MR) is 135 cm³/mol. The fraction of sp³-hybridized carbons (Fsp3) is 0.417. The highest BCUT2D eigenvalue weighted by Crippen LogP contribution is 2.25. The molecule has 0 saturated carbocycles. The Labute approximate surface area is 203 Å². The lowest BCUT2D eigenvalue weighted by atomic mass is 9.94. The van der Waals surface area contributed by atoms with E-state index in [0.717, 1.165) is 34.5 Å². The van der Waals surface area contributed by atoms with Gasteiger partial charge in [0, 0.05) is 61.0 Å². The molecular weight excluding hydrogens is 454 g/mol. The van der Waals surface area contributed by atoms with Crippen molar-refractivity contribution in [1.82, 2.24) is 25.8 Å². The number of pyridine rings is 1. The van der Waals surface area contributed by atoms with Crippen LogP contribution in [0.1, 0.15) is 47.0 Å². The van der Waals surface area contributed by atoms with Crippen LogP contribution >= 0.6 is 23.6 Å². The number of aromatic nitrogens is 1. The fourth-order valence-electron chi connectivity index (χ4n) is 4.42. The van der Waals surface area contributed by atoms with E-state index in [1.54, 1.807) is 17.4 Å². The number of rotatable bonds is 6. The molecule has 1 saturated heterocycles. The van der Waals surface area contributed by atoms with Gasteiger partial charge in [-0.05, 0) is 73.1 Å². The van der Waals surface area contributed by atoms with Crippen molar-refractivity contribution in [1.29, 1.82) is 0 Å². The highest BCUT2D eigenvalue weighted by atomic mass is 32.1. The van der Waals surface area contributed by atoms with E-state index in [9.17, 15) is 9.59 Å². The molecule has 4 rings (SSSR count). The van der Waals surface area contributed by atoms with Crippen LogP contribution in [0.25, 0.3) is 6.08 Å². The summed E-state index contributed by atoms with van der Waals surface area (Å²) in [5.41, 5.74) is 4.22. The van der Waals surface area contributed by atoms with Gasteiger partial charge in [-0.25, -0.2) is 0 Å². The first-order valence-electron chi connectivity index (χ1n) is 11.2. The third kappa shape index (κ3) is 5.97. The van der Waals surface area contributed by atoms with Crippen molar-refractivity contribution in [2.45, 2.75) is 58.3 Å². The van der Waals surface area contributed by atoms with Crippen LogP contribution in [0.15, 0.2) is 29.8 Å². The summed E-state index contributed by atoms with van der Waals surface area (Å²) in [4.78, 5) is 32.7. The van der Waals surface area contributed by atoms with Crippen molar-refractivity contribution < 1.29 is 9.59 Å². The summed E-state index contributed by atoms with van der Waals surface area (Å²) in [7, 11) is 0. The standard InChI is InChI=1S/C24H29N5O2S2/c1-15-10-18(28-24(32)27-15)11-23(31)29-8-7-20-17(14-29)12-25-16(2)21(20)13-26-22(30)6-5-19-4-3-9-33-19/h3-6,9,12,15,18H,7-8,10-11,13-14H2,1-2H3,(H,26,30)(H2,27,28,32)/b6-5+/t15-,18+/m1/s1. The lowest BCUT2D eigenvalue weighted by Gasteiger charge is -2.34. The van der Waals surface area contributed by atoms with Crippen molar-refractivity contribution in [2.75, 3.05) is 6.54 Å². The minimum absolute atomic E-state index is 0.0618. The van der Waals surface area contributed by atoms with Crippen LogP contribution < -0.4 is 16.0 Å². The minimum Gasteiger partial charge on any atom is -0.360 e. The van der Waals surface area contributed by atoms with Crippen molar-refractivity contribution in [2.24, 2.45) is 0 Å². The van der Waals surface area contributed by atoms with Crippen LogP contribution in [0.3, 0.4) is 0 Å². The monoisotopic (exact) mass is 483 g/mol. The zero-order chi connectivity index (χ0) is 23.4. The first kappa shape index (κ1) is 23.4. The summed E-state index contributed by atoms with van der Waals surface area (Å²) in [5, 5.41) is 12.0. The molecule has 2 amide bonds. The quantitative estimate of drug-likeness (QED) is 0.433. The van der Waals surface area contributed by atoms with Gasteiger partial charge in [0.05, 0.1) is 0 Å². The number of aryl methyl sites for hydroxylation is 1. The molecule has 174 valence electrons. The Morgan fingerprint density at radius 3 is 3.00 bits per heavy atom. The Balaban J connectivity index is 1.37. The van der Waals surface area contributed by atoms with E-state index >= 15 is 0 Å². The third-order valence-electron chi connectivity index (χ3n) is 6.10. The summed E-state index contributed by atoms with van der Waals surface area (Å²) in [6, 6.07) is 4.26. The number of carbonyl (C=O) groups is 2. The molecule has 0 aromatic carbocycles. The van der Waals surface area contributed by atoms with Crippen LogP contribution in [0, 0.1) is 6.92 Å². The average Bonchev–Trinajstić information content (AvgIpc) is 3.29. The Morgan fingerprint density at radius 1 is 1.39 bits per heavy atom. The maximum atomic E-state index is 13.0. The maximum Gasteiger partial charge on any atom is 0.244 e. The number of thiocarbonyl (C=S) groups is 1. The Kier molecular flexibility index (Phi) is 7.39. The van der Waals surface area contributed by atoms with Gasteiger partial charge in [-0.3, -0.25) is 14.6 Å². The van der Waals surface area contributed by atoms with Crippen LogP contribution in [0.2, 0.25) is 0 Å². The number of carbonyl (C=O) groups excluding carboxylic acids is 2. The number of fused-ring (bicyclic) bond motifs is 1. The van der Waals surface area contributed by atoms with Crippen molar-refractivity contribution in [3.8, 4) is 0 Å². The molecule has 1 fully saturated rings. The van der Waals surface area contributed by atoms with Crippen LogP contribution in [-0.2, 0) is 29.1 Å². The van der Waals surface area contributed by atoms with Gasteiger partial charge in [-0.1, -0.05) is 6.07 Å². The number of hydrogen-bond acceptors (Lipinski definition) is 5. The number of nitrogens with one attached hydrogen (secondary N) is 3. The second-order valence-corrected chi connectivity index (χ2v) is 10.0. The SMILES string of the molecule is Cc1ncc2c(c1CNC(=O)/C=C/c1cccs1)CCN(C(=O)C[C@@H]1C[C@@H](C)NC(=S)N1)C2. The zero-order valence-corrected chi connectivity index (χ0v) is 20.5. The molecule has 0 bridgehead atoms. The summed E-state index contributed by atoms with van der Waals surface area (Å²) in [5.74, 6) is -0.00109. The van der Waals surface area contributed by atoms with E-state index in [0.29, 0.717) is 31.2 Å². The Morgan fingerprint density at radius 2 is 2.24 bits per heavy atom. The number of hydrogen-bond donors (Lipinski definition) is 3. The van der Waals surface area contributed by atoms with Crippen LogP contribution in [0.5, 0.6) is 0 Å². The number of thiophene rings is 1. The van der Waals surface area contributed by atoms with Crippen LogP contribution in [-0.4, -0.2) is 45.4 Å². The molecule has 33 heavy (non-hydrogen) atoms. The van der Waals surface area contributed by atoms with Gasteiger partial charge in [-0.2, -0.15) is 0 Å². The summed E-state index contributed by atoms with van der Waals surface area (Å²) >= 11 is 6.83. The van der Waals surface area contributed by atoms with Gasteiger partial charge in [0.25, 0.3) is 0 Å². The summed E-state index contributed by atoms with van der Waals surface area (Å²) < 4.78 is 0. The Bertz CT molecular complexity index is 1070. The smallest absolute Gasteiger partial charge is 0.244 e. The maximum absolute atomic E-state index is 13.0. The lowest BCUT2D eigenvalue weighted by Crippen LogP contribution is -2.54. The van der Waals surface area contributed by atoms with Gasteiger partial charge >= 0.3 is 0 Å². The van der Waals surface area contributed by atoms with Crippen LogP contribution in [0.4, 0.5) is 0 Å². The van der Waals surface area contributed by atoms with E-state index in [1.165, 1.54) is 5.56 Å². The molecule has 3 N–H and O–H groups in total. The van der Waals surface area contributed by atoms with Crippen molar-refractivity contribution >= 4 is 46.6 Å². The van der Waals surface area contributed by atoms with Crippen molar-refractivity contribution in [3.05, 3.63) is 57.0 Å². The van der Waals surface area contributed by atoms with Gasteiger partial charge in [0.1, 0.15) is 0 Å². The van der Waals surface area contributed by atoms with Gasteiger partial charge < -0.3 is 20.9 Å². The molecule has 2 aromatic rings. The zero-order valence-electron chi connectivity index (χ0n) is 18.9. The molecule has 0 unspecified atom stereocenters. The fourth-order valence-corrected chi connectivity index (χ4v) is 5.40. The highest BCUT2D eigenvalue weighted by Gasteiger charge is 2.28. The first-order chi connectivity index (χ1) is 15.9. The topological polar surface area (TPSA) is 86.4 Å². The molecule has 2 atom stereocenters. The normalized spacial score (nSPS) is 20.2. The molecule has 0 aliphatic carbocycles. The molecule has 0 spiro atoms. The lowest BCUT2D eigenvalue weighted by molar-refractivity contribution is -0.132. The first-order valence-corrected chi connectivity index (χ1v) is 12.5. The minimum atomic E-state index is -0.130. The van der Waals surface area contributed by atoms with Crippen molar-refractivity contribution in [3.63, 3.8) is 0 Å². The largest absolute Gasteiger partial charge is 0.360 e. The molecule has 4 heterocycles. The van der Waals surface area contributed by atoms with E-state index in [-0.39, 0.29) is 23.9 Å². The second-order valence-electron chi connectivity index (χ2n) is 8.61. The molecular formula is C24H29N5O2S2. The molecule has 2 aromatic heterocycles. The van der Waals surface area contributed by atoms with E-state index in [4.69, 9.17) is 12.2 Å². The molecule has 2 aliphatic heterocycles. The molecule has 7 nitrogen and oxygen atoms in total. The van der Waals surface area contributed by atoms with E-state index in [1.807, 2.05) is 41.6 Å². The number of amides is 2. The van der Waals surface area contributed by atoms with Gasteiger partial charge in [0.2, 0.25) is 11.8 Å². The van der Waals surface area contributed by atoms with E-state index in [2.05, 4.69) is 27.9 Å². The molecule has 0 radical (unpaired) electrons. The predicted octanol–water partition coefficient (Wildman–Crippen LogP) is 2.68. The summed E-state index contributed by atoms with van der Waals surface area (Å²) in [6.45, 7) is 5.69. The molecule has 2 aliphatic rings. The second kappa shape index (κ2) is 10.4. The highest BCUT2D eigenvalue weighted by molar-refractivity contribution is 7.80. The Hall–Kier alpha value is -2.78. The van der Waals surface area contributed by atoms with Gasteiger partial charge in [0.15, 0.2) is 5.11 Å². The van der Waals surface area contributed by atoms with Gasteiger partial charge in [-0.15, -0.1) is 11.3 Å². The van der Waals surface area contributed by atoms with E-state index < -0.39 is 0 Å².